The topological polar surface area (TPSA) is 99.3 Å². The number of hydrogen-bond acceptors (Lipinski definition) is 3. The van der Waals surface area contributed by atoms with Crippen LogP contribution in [-0.2, 0) is 22.9 Å². The number of aromatic amines is 1. The van der Waals surface area contributed by atoms with Crippen molar-refractivity contribution in [3.05, 3.63) is 65.4 Å². The van der Waals surface area contributed by atoms with E-state index in [0.29, 0.717) is 16.6 Å². The van der Waals surface area contributed by atoms with Gasteiger partial charge >= 0.3 is 5.97 Å². The predicted octanol–water partition coefficient (Wildman–Crippen LogP) is 3.02. The van der Waals surface area contributed by atoms with Gasteiger partial charge in [0.25, 0.3) is 0 Å². The molecule has 1 aliphatic carbocycles. The summed E-state index contributed by atoms with van der Waals surface area (Å²) in [5, 5.41) is 9.68. The van der Waals surface area contributed by atoms with Gasteiger partial charge in [-0.15, -0.1) is 0 Å². The number of aromatic nitrogens is 1. The summed E-state index contributed by atoms with van der Waals surface area (Å²) in [5.41, 5.74) is 3.62. The van der Waals surface area contributed by atoms with Crippen LogP contribution in [0, 0.1) is 5.92 Å². The molecule has 0 atom stereocenters. The minimum atomic E-state index is -3.49. The summed E-state index contributed by atoms with van der Waals surface area (Å²) >= 11 is 0. The van der Waals surface area contributed by atoms with Crippen LogP contribution in [0.25, 0.3) is 10.9 Å². The summed E-state index contributed by atoms with van der Waals surface area (Å²) in [4.78, 5) is 14.0. The van der Waals surface area contributed by atoms with Crippen molar-refractivity contribution in [2.75, 3.05) is 10.5 Å². The van der Waals surface area contributed by atoms with Crippen molar-refractivity contribution in [2.24, 2.45) is 5.92 Å². The predicted molar refractivity (Wildman–Crippen MR) is 100 cm³/mol. The van der Waals surface area contributed by atoms with Gasteiger partial charge in [0.1, 0.15) is 0 Å². The number of carboxylic acids is 1. The largest absolute Gasteiger partial charge is 0.478 e. The summed E-state index contributed by atoms with van der Waals surface area (Å²) in [5.74, 6) is -0.895. The Labute approximate surface area is 150 Å². The molecule has 1 heterocycles. The van der Waals surface area contributed by atoms with Crippen LogP contribution in [0.4, 0.5) is 5.69 Å². The highest BCUT2D eigenvalue weighted by atomic mass is 32.2. The van der Waals surface area contributed by atoms with Gasteiger partial charge in [-0.25, -0.2) is 13.2 Å². The zero-order chi connectivity index (χ0) is 18.3. The zero-order valence-electron chi connectivity index (χ0n) is 13.9. The van der Waals surface area contributed by atoms with Crippen molar-refractivity contribution in [2.45, 2.75) is 12.8 Å². The summed E-state index contributed by atoms with van der Waals surface area (Å²) in [6, 6.07) is 12.9. The molecule has 4 rings (SSSR count). The number of anilines is 1. The fraction of sp³-hybridized carbons (Fsp3) is 0.211. The molecule has 3 aromatic rings. The molecule has 2 aromatic carbocycles. The van der Waals surface area contributed by atoms with E-state index in [9.17, 15) is 13.2 Å². The third-order valence-corrected chi connectivity index (χ3v) is 6.23. The maximum atomic E-state index is 12.5. The Kier molecular flexibility index (Phi) is 3.96. The molecule has 0 fully saturated rings. The highest BCUT2D eigenvalue weighted by Gasteiger charge is 2.26. The summed E-state index contributed by atoms with van der Waals surface area (Å²) in [6.45, 7) is 0. The quantitative estimate of drug-likeness (QED) is 0.643. The summed E-state index contributed by atoms with van der Waals surface area (Å²) in [6.07, 6.45) is 2.95. The number of hydrogen-bond donors (Lipinski definition) is 3. The molecule has 0 aliphatic heterocycles. The SMILES string of the molecule is O=C(O)c1c[nH]c2cc(NS(=O)(=O)CC3Cc4ccccc4C3)ccc12. The average molecular weight is 370 g/mol. The van der Waals surface area contributed by atoms with Gasteiger partial charge in [-0.1, -0.05) is 24.3 Å². The summed E-state index contributed by atoms with van der Waals surface area (Å²) in [7, 11) is -3.49. The number of carboxylic acid groups (broad SMARTS) is 1. The Morgan fingerprint density at radius 1 is 1.15 bits per heavy atom. The van der Waals surface area contributed by atoms with Crippen LogP contribution in [0.2, 0.25) is 0 Å². The normalized spacial score (nSPS) is 14.5. The lowest BCUT2D eigenvalue weighted by Gasteiger charge is -2.12. The molecule has 0 saturated carbocycles. The van der Waals surface area contributed by atoms with Gasteiger partial charge in [0.15, 0.2) is 0 Å². The molecule has 0 saturated heterocycles. The van der Waals surface area contributed by atoms with Crippen molar-refractivity contribution >= 4 is 32.6 Å². The van der Waals surface area contributed by atoms with E-state index in [0.717, 1.165) is 12.8 Å². The number of aromatic carboxylic acids is 1. The lowest BCUT2D eigenvalue weighted by molar-refractivity contribution is 0.0699. The maximum absolute atomic E-state index is 12.5. The Morgan fingerprint density at radius 3 is 2.50 bits per heavy atom. The van der Waals surface area contributed by atoms with Crippen LogP contribution in [-0.4, -0.2) is 30.2 Å². The second kappa shape index (κ2) is 6.17. The first-order valence-electron chi connectivity index (χ1n) is 8.33. The van der Waals surface area contributed by atoms with E-state index in [1.54, 1.807) is 18.2 Å². The number of sulfonamides is 1. The number of rotatable bonds is 5. The molecule has 0 radical (unpaired) electrons. The van der Waals surface area contributed by atoms with Crippen LogP contribution in [0.3, 0.4) is 0 Å². The van der Waals surface area contributed by atoms with Crippen LogP contribution in [0.5, 0.6) is 0 Å². The number of H-pyrrole nitrogens is 1. The van der Waals surface area contributed by atoms with E-state index < -0.39 is 16.0 Å². The molecule has 1 aromatic heterocycles. The first kappa shape index (κ1) is 16.7. The van der Waals surface area contributed by atoms with Crippen LogP contribution >= 0.6 is 0 Å². The van der Waals surface area contributed by atoms with Crippen molar-refractivity contribution in [1.82, 2.24) is 4.98 Å². The molecule has 26 heavy (non-hydrogen) atoms. The molecule has 134 valence electrons. The molecule has 3 N–H and O–H groups in total. The zero-order valence-corrected chi connectivity index (χ0v) is 14.7. The number of benzene rings is 2. The van der Waals surface area contributed by atoms with E-state index in [1.165, 1.54) is 17.3 Å². The highest BCUT2D eigenvalue weighted by molar-refractivity contribution is 7.92. The fourth-order valence-electron chi connectivity index (χ4n) is 3.67. The Hall–Kier alpha value is -2.80. The van der Waals surface area contributed by atoms with Gasteiger partial charge in [-0.05, 0) is 48.1 Å². The van der Waals surface area contributed by atoms with Crippen LogP contribution < -0.4 is 4.72 Å². The monoisotopic (exact) mass is 370 g/mol. The lowest BCUT2D eigenvalue weighted by Crippen LogP contribution is -2.23. The highest BCUT2D eigenvalue weighted by Crippen LogP contribution is 2.28. The van der Waals surface area contributed by atoms with Gasteiger partial charge in [-0.2, -0.15) is 0 Å². The lowest BCUT2D eigenvalue weighted by atomic mass is 10.1. The van der Waals surface area contributed by atoms with Gasteiger partial charge in [0.05, 0.1) is 17.0 Å². The standard InChI is InChI=1S/C19H18N2O4S/c22-19(23)17-10-20-18-9-15(5-6-16(17)18)21-26(24,25)11-12-7-13-3-1-2-4-14(13)8-12/h1-6,9-10,12,20-21H,7-8,11H2,(H,22,23). The molecule has 0 unspecified atom stereocenters. The molecule has 7 heteroatoms. The Balaban J connectivity index is 1.50. The van der Waals surface area contributed by atoms with Gasteiger partial charge in [0.2, 0.25) is 10.0 Å². The molecule has 0 amide bonds. The molecule has 0 bridgehead atoms. The van der Waals surface area contributed by atoms with Crippen molar-refractivity contribution in [1.29, 1.82) is 0 Å². The van der Waals surface area contributed by atoms with E-state index in [4.69, 9.17) is 5.11 Å². The first-order chi connectivity index (χ1) is 12.4. The van der Waals surface area contributed by atoms with E-state index in [1.807, 2.05) is 12.1 Å². The van der Waals surface area contributed by atoms with Gasteiger partial charge < -0.3 is 10.1 Å². The van der Waals surface area contributed by atoms with Crippen molar-refractivity contribution < 1.29 is 18.3 Å². The minimum Gasteiger partial charge on any atom is -0.478 e. The molecule has 6 nitrogen and oxygen atoms in total. The first-order valence-corrected chi connectivity index (χ1v) is 9.98. The average Bonchev–Trinajstić information content (AvgIpc) is 3.16. The van der Waals surface area contributed by atoms with Gasteiger partial charge in [-0.3, -0.25) is 4.72 Å². The Bertz CT molecular complexity index is 1080. The van der Waals surface area contributed by atoms with Crippen LogP contribution in [0.15, 0.2) is 48.7 Å². The molecular formula is C19H18N2O4S. The van der Waals surface area contributed by atoms with Crippen molar-refractivity contribution in [3.63, 3.8) is 0 Å². The third kappa shape index (κ3) is 3.17. The number of fused-ring (bicyclic) bond motifs is 2. The smallest absolute Gasteiger partial charge is 0.337 e. The number of nitrogens with one attached hydrogen (secondary N) is 2. The molecule has 1 aliphatic rings. The van der Waals surface area contributed by atoms with Gasteiger partial charge in [0, 0.05) is 17.1 Å². The third-order valence-electron chi connectivity index (χ3n) is 4.78. The van der Waals surface area contributed by atoms with E-state index >= 15 is 0 Å². The molecular weight excluding hydrogens is 352 g/mol. The van der Waals surface area contributed by atoms with E-state index in [-0.39, 0.29) is 17.2 Å². The Morgan fingerprint density at radius 2 is 1.85 bits per heavy atom. The molecule has 0 spiro atoms. The second-order valence-electron chi connectivity index (χ2n) is 6.69. The van der Waals surface area contributed by atoms with E-state index in [2.05, 4.69) is 21.8 Å². The maximum Gasteiger partial charge on any atom is 0.337 e. The second-order valence-corrected chi connectivity index (χ2v) is 8.46. The number of carbonyl (C=O) groups is 1. The minimum absolute atomic E-state index is 0.0603. The van der Waals surface area contributed by atoms with Crippen molar-refractivity contribution in [3.8, 4) is 0 Å². The van der Waals surface area contributed by atoms with Crippen LogP contribution in [0.1, 0.15) is 21.5 Å². The summed E-state index contributed by atoms with van der Waals surface area (Å²) < 4.78 is 27.7. The fourth-order valence-corrected chi connectivity index (χ4v) is 5.09.